The highest BCUT2D eigenvalue weighted by Crippen LogP contribution is 2.19. The van der Waals surface area contributed by atoms with Gasteiger partial charge in [0.15, 0.2) is 0 Å². The van der Waals surface area contributed by atoms with E-state index in [0.29, 0.717) is 5.54 Å². The molecule has 0 saturated heterocycles. The molecule has 0 rings (SSSR count). The molecule has 0 saturated carbocycles. The largest absolute Gasteiger partial charge is 0.302 e. The molecule has 0 aromatic heterocycles. The van der Waals surface area contributed by atoms with Gasteiger partial charge in [-0.2, -0.15) is 0 Å². The molecule has 0 heterocycles. The predicted molar refractivity (Wildman–Crippen MR) is 51.9 cm³/mol. The number of nitrogens with zero attached hydrogens (tertiary/aromatic N) is 1. The minimum absolute atomic E-state index is 0.394. The van der Waals surface area contributed by atoms with E-state index in [2.05, 4.69) is 39.6 Å². The van der Waals surface area contributed by atoms with Gasteiger partial charge < -0.3 is 4.90 Å². The Morgan fingerprint density at radius 2 is 1.73 bits per heavy atom. The topological polar surface area (TPSA) is 3.24 Å². The summed E-state index contributed by atoms with van der Waals surface area (Å²) in [6.07, 6.45) is 3.96. The quantitative estimate of drug-likeness (QED) is 0.593. The molecular weight excluding hydrogens is 134 g/mol. The summed E-state index contributed by atoms with van der Waals surface area (Å²) in [4.78, 5) is 2.42. The molecule has 0 aromatic carbocycles. The number of hydrogen-bond acceptors (Lipinski definition) is 1. The molecule has 11 heavy (non-hydrogen) atoms. The highest BCUT2D eigenvalue weighted by atomic mass is 15.2. The first-order valence-corrected chi connectivity index (χ1v) is 4.75. The van der Waals surface area contributed by atoms with Gasteiger partial charge in [0.2, 0.25) is 0 Å². The third kappa shape index (κ3) is 3.76. The van der Waals surface area contributed by atoms with Crippen LogP contribution in [0.15, 0.2) is 0 Å². The van der Waals surface area contributed by atoms with E-state index in [1.807, 2.05) is 0 Å². The summed E-state index contributed by atoms with van der Waals surface area (Å²) in [5.74, 6) is 0. The van der Waals surface area contributed by atoms with Crippen LogP contribution in [0, 0.1) is 0 Å². The van der Waals surface area contributed by atoms with Gasteiger partial charge >= 0.3 is 0 Å². The Hall–Kier alpha value is -0.0400. The van der Waals surface area contributed by atoms with Crippen LogP contribution in [0.3, 0.4) is 0 Å². The molecule has 0 unspecified atom stereocenters. The van der Waals surface area contributed by atoms with Crippen LogP contribution >= 0.6 is 0 Å². The van der Waals surface area contributed by atoms with Gasteiger partial charge in [0.25, 0.3) is 0 Å². The van der Waals surface area contributed by atoms with Crippen molar-refractivity contribution >= 4 is 0 Å². The fourth-order valence-electron chi connectivity index (χ4n) is 1.23. The Balaban J connectivity index is 3.77. The van der Waals surface area contributed by atoms with E-state index in [4.69, 9.17) is 0 Å². The molecule has 0 radical (unpaired) electrons. The van der Waals surface area contributed by atoms with E-state index in [0.717, 1.165) is 6.54 Å². The van der Waals surface area contributed by atoms with Gasteiger partial charge in [-0.1, -0.05) is 26.7 Å². The second-order valence-corrected chi connectivity index (χ2v) is 3.93. The summed E-state index contributed by atoms with van der Waals surface area (Å²) in [5, 5.41) is 0. The van der Waals surface area contributed by atoms with Crippen LogP contribution in [-0.4, -0.2) is 24.0 Å². The van der Waals surface area contributed by atoms with E-state index >= 15 is 0 Å². The Morgan fingerprint density at radius 3 is 2.09 bits per heavy atom. The van der Waals surface area contributed by atoms with Gasteiger partial charge in [0.1, 0.15) is 0 Å². The maximum atomic E-state index is 2.42. The second-order valence-electron chi connectivity index (χ2n) is 3.93. The molecular formula is C10H23N. The van der Waals surface area contributed by atoms with E-state index < -0.39 is 0 Å². The van der Waals surface area contributed by atoms with Gasteiger partial charge in [0, 0.05) is 5.54 Å². The molecule has 0 aliphatic heterocycles. The Labute approximate surface area is 71.8 Å². The Kier molecular flexibility index (Phi) is 4.74. The van der Waals surface area contributed by atoms with E-state index in [9.17, 15) is 0 Å². The first-order valence-electron chi connectivity index (χ1n) is 4.75. The normalized spacial score (nSPS) is 12.5. The van der Waals surface area contributed by atoms with Crippen molar-refractivity contribution in [2.24, 2.45) is 0 Å². The fraction of sp³-hybridized carbons (Fsp3) is 1.00. The second kappa shape index (κ2) is 4.76. The molecule has 0 atom stereocenters. The van der Waals surface area contributed by atoms with E-state index in [1.54, 1.807) is 0 Å². The Bertz CT molecular complexity index is 97.0. The Morgan fingerprint density at radius 1 is 1.18 bits per heavy atom. The van der Waals surface area contributed by atoms with Gasteiger partial charge in [-0.05, 0) is 33.9 Å². The van der Waals surface area contributed by atoms with Gasteiger partial charge in [-0.3, -0.25) is 0 Å². The summed E-state index contributed by atoms with van der Waals surface area (Å²) >= 11 is 0. The molecule has 0 fully saturated rings. The first-order chi connectivity index (χ1) is 5.04. The zero-order chi connectivity index (χ0) is 8.91. The molecule has 1 nitrogen and oxygen atoms in total. The van der Waals surface area contributed by atoms with Crippen LogP contribution in [0.2, 0.25) is 0 Å². The molecule has 1 heteroatoms. The summed E-state index contributed by atoms with van der Waals surface area (Å²) in [7, 11) is 2.20. The van der Waals surface area contributed by atoms with Crippen molar-refractivity contribution in [2.45, 2.75) is 52.5 Å². The van der Waals surface area contributed by atoms with Crippen molar-refractivity contribution in [3.63, 3.8) is 0 Å². The lowest BCUT2D eigenvalue weighted by atomic mass is 9.96. The minimum atomic E-state index is 0.394. The highest BCUT2D eigenvalue weighted by Gasteiger charge is 2.20. The van der Waals surface area contributed by atoms with Crippen LogP contribution in [0.1, 0.15) is 47.0 Å². The monoisotopic (exact) mass is 157 g/mol. The van der Waals surface area contributed by atoms with Crippen LogP contribution in [0.25, 0.3) is 0 Å². The van der Waals surface area contributed by atoms with Crippen LogP contribution < -0.4 is 0 Å². The third-order valence-electron chi connectivity index (χ3n) is 2.65. The highest BCUT2D eigenvalue weighted by molar-refractivity contribution is 4.77. The number of unbranched alkanes of at least 4 members (excludes halogenated alkanes) is 1. The lowest BCUT2D eigenvalue weighted by molar-refractivity contribution is 0.150. The average Bonchev–Trinajstić information content (AvgIpc) is 1.99. The van der Waals surface area contributed by atoms with Crippen LogP contribution in [0.5, 0.6) is 0 Å². The lowest BCUT2D eigenvalue weighted by Gasteiger charge is -2.34. The van der Waals surface area contributed by atoms with Gasteiger partial charge in [-0.25, -0.2) is 0 Å². The van der Waals surface area contributed by atoms with Gasteiger partial charge in [0.05, 0.1) is 0 Å². The number of rotatable bonds is 5. The molecule has 0 aromatic rings. The standard InChI is InChI=1S/C10H23N/c1-6-8-9-10(3,4)11(5)7-2/h6-9H2,1-5H3. The minimum Gasteiger partial charge on any atom is -0.302 e. The predicted octanol–water partition coefficient (Wildman–Crippen LogP) is 2.91. The van der Waals surface area contributed by atoms with Crippen LogP contribution in [0.4, 0.5) is 0 Å². The summed E-state index contributed by atoms with van der Waals surface area (Å²) in [5.41, 5.74) is 0.394. The summed E-state index contributed by atoms with van der Waals surface area (Å²) < 4.78 is 0. The van der Waals surface area contributed by atoms with E-state index in [-0.39, 0.29) is 0 Å². The van der Waals surface area contributed by atoms with Crippen molar-refractivity contribution in [1.82, 2.24) is 4.90 Å². The molecule has 0 N–H and O–H groups in total. The zero-order valence-corrected chi connectivity index (χ0v) is 8.78. The molecule has 0 aliphatic carbocycles. The maximum Gasteiger partial charge on any atom is 0.0150 e. The first kappa shape index (κ1) is 11.0. The van der Waals surface area contributed by atoms with Crippen molar-refractivity contribution in [3.8, 4) is 0 Å². The molecule has 0 amide bonds. The summed E-state index contributed by atoms with van der Waals surface area (Å²) in [6, 6.07) is 0. The number of hydrogen-bond donors (Lipinski definition) is 0. The molecule has 68 valence electrons. The lowest BCUT2D eigenvalue weighted by Crippen LogP contribution is -2.40. The van der Waals surface area contributed by atoms with Crippen LogP contribution in [-0.2, 0) is 0 Å². The fourth-order valence-corrected chi connectivity index (χ4v) is 1.23. The molecule has 0 aliphatic rings. The van der Waals surface area contributed by atoms with Crippen molar-refractivity contribution in [3.05, 3.63) is 0 Å². The third-order valence-corrected chi connectivity index (χ3v) is 2.65. The molecule has 0 bridgehead atoms. The average molecular weight is 157 g/mol. The smallest absolute Gasteiger partial charge is 0.0150 e. The zero-order valence-electron chi connectivity index (χ0n) is 8.78. The van der Waals surface area contributed by atoms with E-state index in [1.165, 1.54) is 19.3 Å². The van der Waals surface area contributed by atoms with Gasteiger partial charge in [-0.15, -0.1) is 0 Å². The SMILES string of the molecule is CCCCC(C)(C)N(C)CC. The maximum absolute atomic E-state index is 2.42. The molecule has 0 spiro atoms. The van der Waals surface area contributed by atoms with Crippen molar-refractivity contribution in [1.29, 1.82) is 0 Å². The summed E-state index contributed by atoms with van der Waals surface area (Å²) in [6.45, 7) is 10.3. The van der Waals surface area contributed by atoms with Crippen molar-refractivity contribution in [2.75, 3.05) is 13.6 Å². The van der Waals surface area contributed by atoms with Crippen molar-refractivity contribution < 1.29 is 0 Å².